The first kappa shape index (κ1) is 11.4. The molecule has 1 saturated heterocycles. The van der Waals surface area contributed by atoms with Gasteiger partial charge in [-0.25, -0.2) is 0 Å². The smallest absolute Gasteiger partial charge is 0.254 e. The van der Waals surface area contributed by atoms with Crippen LogP contribution in [-0.4, -0.2) is 37.6 Å². The molecule has 4 nitrogen and oxygen atoms in total. The molecule has 0 radical (unpaired) electrons. The molecule has 1 atom stereocenters. The van der Waals surface area contributed by atoms with Gasteiger partial charge in [0.05, 0.1) is 14.2 Å². The molecule has 1 amide bonds. The van der Waals surface area contributed by atoms with E-state index in [1.54, 1.807) is 14.2 Å². The van der Waals surface area contributed by atoms with Gasteiger partial charge in [0, 0.05) is 18.2 Å². The van der Waals surface area contributed by atoms with Crippen molar-refractivity contribution in [3.8, 4) is 11.5 Å². The third-order valence-electron chi connectivity index (χ3n) is 3.93. The zero-order valence-electron chi connectivity index (χ0n) is 10.7. The number of benzene rings is 1. The van der Waals surface area contributed by atoms with Crippen molar-refractivity contribution in [3.05, 3.63) is 23.3 Å². The number of rotatable bonds is 2. The van der Waals surface area contributed by atoms with Gasteiger partial charge in [0.1, 0.15) is 0 Å². The predicted molar refractivity (Wildman–Crippen MR) is 67.3 cm³/mol. The number of amides is 1. The van der Waals surface area contributed by atoms with Crippen LogP contribution in [0.25, 0.3) is 0 Å². The number of carbonyl (C=O) groups is 1. The predicted octanol–water partition coefficient (Wildman–Crippen LogP) is 1.86. The van der Waals surface area contributed by atoms with Crippen molar-refractivity contribution < 1.29 is 14.3 Å². The Kier molecular flexibility index (Phi) is 2.65. The van der Waals surface area contributed by atoms with Crippen LogP contribution in [0.2, 0.25) is 0 Å². The highest BCUT2D eigenvalue weighted by molar-refractivity contribution is 5.98. The molecular formula is C14H17NO3. The normalized spacial score (nSPS) is 21.6. The SMILES string of the molecule is COc1cc2c(cc1OC)C(=O)N1CCC[C@H]1C2. The fourth-order valence-corrected chi connectivity index (χ4v) is 3.01. The second-order valence-electron chi connectivity index (χ2n) is 4.86. The molecule has 0 saturated carbocycles. The summed E-state index contributed by atoms with van der Waals surface area (Å²) in [6, 6.07) is 4.13. The van der Waals surface area contributed by atoms with Gasteiger partial charge in [0.15, 0.2) is 11.5 Å². The number of hydrogen-bond donors (Lipinski definition) is 0. The molecule has 1 aromatic carbocycles. The largest absolute Gasteiger partial charge is 0.493 e. The molecule has 2 aliphatic rings. The van der Waals surface area contributed by atoms with E-state index in [0.29, 0.717) is 17.5 Å². The molecule has 0 N–H and O–H groups in total. The van der Waals surface area contributed by atoms with Gasteiger partial charge in [0.2, 0.25) is 0 Å². The van der Waals surface area contributed by atoms with E-state index in [0.717, 1.165) is 36.9 Å². The lowest BCUT2D eigenvalue weighted by Crippen LogP contribution is -2.41. The Morgan fingerprint density at radius 1 is 1.22 bits per heavy atom. The molecule has 2 aliphatic heterocycles. The lowest BCUT2D eigenvalue weighted by atomic mass is 9.93. The van der Waals surface area contributed by atoms with Gasteiger partial charge in [0.25, 0.3) is 5.91 Å². The highest BCUT2D eigenvalue weighted by Gasteiger charge is 2.36. The quantitative estimate of drug-likeness (QED) is 0.800. The first-order chi connectivity index (χ1) is 8.74. The van der Waals surface area contributed by atoms with Crippen molar-refractivity contribution in [2.24, 2.45) is 0 Å². The number of nitrogens with zero attached hydrogens (tertiary/aromatic N) is 1. The molecule has 1 aromatic rings. The maximum Gasteiger partial charge on any atom is 0.254 e. The summed E-state index contributed by atoms with van der Waals surface area (Å²) in [7, 11) is 3.22. The zero-order valence-corrected chi connectivity index (χ0v) is 10.7. The summed E-state index contributed by atoms with van der Waals surface area (Å²) < 4.78 is 10.6. The van der Waals surface area contributed by atoms with Crippen LogP contribution in [0, 0.1) is 0 Å². The fraction of sp³-hybridized carbons (Fsp3) is 0.500. The lowest BCUT2D eigenvalue weighted by Gasteiger charge is -2.31. The Morgan fingerprint density at radius 3 is 2.67 bits per heavy atom. The molecule has 96 valence electrons. The van der Waals surface area contributed by atoms with Crippen LogP contribution in [0.1, 0.15) is 28.8 Å². The Bertz CT molecular complexity index is 498. The second-order valence-corrected chi connectivity index (χ2v) is 4.86. The van der Waals surface area contributed by atoms with Gasteiger partial charge in [-0.2, -0.15) is 0 Å². The van der Waals surface area contributed by atoms with Crippen molar-refractivity contribution >= 4 is 5.91 Å². The first-order valence-electron chi connectivity index (χ1n) is 6.30. The molecular weight excluding hydrogens is 230 g/mol. The molecule has 18 heavy (non-hydrogen) atoms. The minimum Gasteiger partial charge on any atom is -0.493 e. The van der Waals surface area contributed by atoms with Crippen LogP contribution >= 0.6 is 0 Å². The first-order valence-corrected chi connectivity index (χ1v) is 6.30. The molecule has 0 unspecified atom stereocenters. The lowest BCUT2D eigenvalue weighted by molar-refractivity contribution is 0.0714. The van der Waals surface area contributed by atoms with E-state index >= 15 is 0 Å². The average molecular weight is 247 g/mol. The summed E-state index contributed by atoms with van der Waals surface area (Å²) in [5.41, 5.74) is 1.85. The monoisotopic (exact) mass is 247 g/mol. The number of carbonyl (C=O) groups excluding carboxylic acids is 1. The van der Waals surface area contributed by atoms with Crippen LogP contribution < -0.4 is 9.47 Å². The number of ether oxygens (including phenoxy) is 2. The highest BCUT2D eigenvalue weighted by Crippen LogP contribution is 2.36. The van der Waals surface area contributed by atoms with Crippen molar-refractivity contribution in [2.75, 3.05) is 20.8 Å². The average Bonchev–Trinajstić information content (AvgIpc) is 2.86. The summed E-state index contributed by atoms with van der Waals surface area (Å²) in [6.07, 6.45) is 3.15. The van der Waals surface area contributed by atoms with Crippen LogP contribution in [0.15, 0.2) is 12.1 Å². The standard InChI is InChI=1S/C14H17NO3/c1-17-12-7-9-6-10-4-3-5-15(10)14(16)11(9)8-13(12)18-2/h7-8,10H,3-6H2,1-2H3/t10-/m0/s1. The minimum atomic E-state index is 0.139. The van der Waals surface area contributed by atoms with Crippen molar-refractivity contribution in [1.82, 2.24) is 4.90 Å². The van der Waals surface area contributed by atoms with E-state index in [1.807, 2.05) is 17.0 Å². The molecule has 2 heterocycles. The van der Waals surface area contributed by atoms with E-state index in [1.165, 1.54) is 0 Å². The summed E-state index contributed by atoms with van der Waals surface area (Å²) in [6.45, 7) is 0.886. The van der Waals surface area contributed by atoms with Crippen molar-refractivity contribution in [2.45, 2.75) is 25.3 Å². The Hall–Kier alpha value is -1.71. The summed E-state index contributed by atoms with van der Waals surface area (Å²) in [5.74, 6) is 1.47. The number of fused-ring (bicyclic) bond motifs is 2. The Labute approximate surface area is 106 Å². The molecule has 0 aromatic heterocycles. The van der Waals surface area contributed by atoms with Crippen molar-refractivity contribution in [1.29, 1.82) is 0 Å². The second kappa shape index (κ2) is 4.19. The van der Waals surface area contributed by atoms with Gasteiger partial charge < -0.3 is 14.4 Å². The third kappa shape index (κ3) is 1.55. The van der Waals surface area contributed by atoms with Gasteiger partial charge in [-0.05, 0) is 37.0 Å². The third-order valence-corrected chi connectivity index (χ3v) is 3.93. The maximum absolute atomic E-state index is 12.4. The van der Waals surface area contributed by atoms with E-state index < -0.39 is 0 Å². The fourth-order valence-electron chi connectivity index (χ4n) is 3.01. The number of hydrogen-bond acceptors (Lipinski definition) is 3. The van der Waals surface area contributed by atoms with E-state index in [-0.39, 0.29) is 5.91 Å². The van der Waals surface area contributed by atoms with Crippen LogP contribution in [-0.2, 0) is 6.42 Å². The molecule has 3 rings (SSSR count). The van der Waals surface area contributed by atoms with Crippen LogP contribution in [0.4, 0.5) is 0 Å². The summed E-state index contributed by atoms with van der Waals surface area (Å²) >= 11 is 0. The molecule has 1 fully saturated rings. The highest BCUT2D eigenvalue weighted by atomic mass is 16.5. The topological polar surface area (TPSA) is 38.8 Å². The summed E-state index contributed by atoms with van der Waals surface area (Å²) in [5, 5.41) is 0. The van der Waals surface area contributed by atoms with Gasteiger partial charge in [-0.3, -0.25) is 4.79 Å². The molecule has 4 heteroatoms. The Morgan fingerprint density at radius 2 is 1.94 bits per heavy atom. The van der Waals surface area contributed by atoms with Gasteiger partial charge in [-0.15, -0.1) is 0 Å². The van der Waals surface area contributed by atoms with E-state index in [4.69, 9.17) is 9.47 Å². The minimum absolute atomic E-state index is 0.139. The maximum atomic E-state index is 12.4. The summed E-state index contributed by atoms with van der Waals surface area (Å²) in [4.78, 5) is 14.4. The zero-order chi connectivity index (χ0) is 12.7. The molecule has 0 bridgehead atoms. The number of methoxy groups -OCH3 is 2. The van der Waals surface area contributed by atoms with Crippen molar-refractivity contribution in [3.63, 3.8) is 0 Å². The van der Waals surface area contributed by atoms with Crippen LogP contribution in [0.3, 0.4) is 0 Å². The van der Waals surface area contributed by atoms with Crippen LogP contribution in [0.5, 0.6) is 11.5 Å². The van der Waals surface area contributed by atoms with E-state index in [2.05, 4.69) is 0 Å². The Balaban J connectivity index is 2.08. The van der Waals surface area contributed by atoms with Gasteiger partial charge in [-0.1, -0.05) is 0 Å². The molecule has 0 spiro atoms. The van der Waals surface area contributed by atoms with E-state index in [9.17, 15) is 4.79 Å². The molecule has 0 aliphatic carbocycles. The van der Waals surface area contributed by atoms with Gasteiger partial charge >= 0.3 is 0 Å².